The standard InChI is InChI=1S/C17H23F/c1-6-15(12(2)3)8-7-14(5)16-9-13(4)10-17(18)11-16/h6,9-11,14H,2,7-8H2,1,3-5H3/b15-6-. The average Bonchev–Trinajstić information content (AvgIpc) is 2.27. The molecule has 0 fully saturated rings. The molecule has 0 aliphatic heterocycles. The van der Waals surface area contributed by atoms with E-state index in [1.54, 1.807) is 12.1 Å². The van der Waals surface area contributed by atoms with Crippen molar-refractivity contribution in [2.24, 2.45) is 0 Å². The zero-order valence-corrected chi connectivity index (χ0v) is 11.9. The molecule has 1 unspecified atom stereocenters. The fourth-order valence-electron chi connectivity index (χ4n) is 2.19. The molecule has 0 aliphatic carbocycles. The molecule has 0 saturated heterocycles. The number of halogens is 1. The van der Waals surface area contributed by atoms with Crippen molar-refractivity contribution in [1.29, 1.82) is 0 Å². The third kappa shape index (κ3) is 4.14. The topological polar surface area (TPSA) is 0 Å². The summed E-state index contributed by atoms with van der Waals surface area (Å²) in [7, 11) is 0. The first-order valence-electron chi connectivity index (χ1n) is 6.52. The van der Waals surface area contributed by atoms with Crippen molar-refractivity contribution >= 4 is 0 Å². The van der Waals surface area contributed by atoms with E-state index in [1.807, 2.05) is 20.8 Å². The second-order valence-electron chi connectivity index (χ2n) is 5.10. The second-order valence-corrected chi connectivity index (χ2v) is 5.10. The van der Waals surface area contributed by atoms with E-state index in [0.29, 0.717) is 5.92 Å². The van der Waals surface area contributed by atoms with E-state index in [2.05, 4.69) is 25.6 Å². The van der Waals surface area contributed by atoms with Crippen LogP contribution < -0.4 is 0 Å². The molecule has 98 valence electrons. The first-order valence-corrected chi connectivity index (χ1v) is 6.52. The molecule has 1 aromatic rings. The Morgan fingerprint density at radius 2 is 2.06 bits per heavy atom. The molecule has 0 nitrogen and oxygen atoms in total. The number of rotatable bonds is 5. The first-order chi connectivity index (χ1) is 8.43. The van der Waals surface area contributed by atoms with E-state index in [9.17, 15) is 4.39 Å². The van der Waals surface area contributed by atoms with Crippen LogP contribution in [0.5, 0.6) is 0 Å². The van der Waals surface area contributed by atoms with Crippen LogP contribution in [-0.2, 0) is 0 Å². The maximum atomic E-state index is 13.4. The number of allylic oxidation sites excluding steroid dienone is 3. The minimum atomic E-state index is -0.136. The maximum absolute atomic E-state index is 13.4. The minimum Gasteiger partial charge on any atom is -0.207 e. The SMILES string of the molecule is C=C(C)/C(=C\C)CCC(C)c1cc(C)cc(F)c1. The molecule has 1 atom stereocenters. The van der Waals surface area contributed by atoms with E-state index in [0.717, 1.165) is 29.5 Å². The van der Waals surface area contributed by atoms with Crippen LogP contribution >= 0.6 is 0 Å². The molecule has 0 radical (unpaired) electrons. The van der Waals surface area contributed by atoms with E-state index >= 15 is 0 Å². The van der Waals surface area contributed by atoms with Gasteiger partial charge in [-0.1, -0.05) is 31.2 Å². The molecule has 0 amide bonds. The van der Waals surface area contributed by atoms with E-state index in [1.165, 1.54) is 5.57 Å². The van der Waals surface area contributed by atoms with Gasteiger partial charge in [0.15, 0.2) is 0 Å². The molecular weight excluding hydrogens is 223 g/mol. The maximum Gasteiger partial charge on any atom is 0.123 e. The first kappa shape index (κ1) is 14.7. The third-order valence-electron chi connectivity index (χ3n) is 3.38. The zero-order chi connectivity index (χ0) is 13.7. The van der Waals surface area contributed by atoms with Gasteiger partial charge in [-0.05, 0) is 68.4 Å². The van der Waals surface area contributed by atoms with Crippen LogP contribution in [-0.4, -0.2) is 0 Å². The molecule has 0 heterocycles. The lowest BCUT2D eigenvalue weighted by Gasteiger charge is -2.14. The van der Waals surface area contributed by atoms with Crippen molar-refractivity contribution in [2.45, 2.75) is 46.5 Å². The summed E-state index contributed by atoms with van der Waals surface area (Å²) in [5.74, 6) is 0.233. The summed E-state index contributed by atoms with van der Waals surface area (Å²) in [5.41, 5.74) is 4.50. The summed E-state index contributed by atoms with van der Waals surface area (Å²) in [6.07, 6.45) is 4.14. The molecule has 0 aromatic heterocycles. The molecule has 18 heavy (non-hydrogen) atoms. The highest BCUT2D eigenvalue weighted by molar-refractivity contribution is 5.28. The second kappa shape index (κ2) is 6.53. The van der Waals surface area contributed by atoms with E-state index in [-0.39, 0.29) is 5.82 Å². The Hall–Kier alpha value is -1.37. The number of hydrogen-bond donors (Lipinski definition) is 0. The highest BCUT2D eigenvalue weighted by Gasteiger charge is 2.09. The summed E-state index contributed by atoms with van der Waals surface area (Å²) < 4.78 is 13.4. The Kier molecular flexibility index (Phi) is 5.33. The summed E-state index contributed by atoms with van der Waals surface area (Å²) in [5, 5.41) is 0. The van der Waals surface area contributed by atoms with Gasteiger partial charge in [0.1, 0.15) is 5.82 Å². The fourth-order valence-corrected chi connectivity index (χ4v) is 2.19. The molecule has 0 spiro atoms. The average molecular weight is 246 g/mol. The van der Waals surface area contributed by atoms with Gasteiger partial charge >= 0.3 is 0 Å². The third-order valence-corrected chi connectivity index (χ3v) is 3.38. The van der Waals surface area contributed by atoms with Gasteiger partial charge in [-0.15, -0.1) is 0 Å². The van der Waals surface area contributed by atoms with Crippen molar-refractivity contribution < 1.29 is 4.39 Å². The predicted molar refractivity (Wildman–Crippen MR) is 77.4 cm³/mol. The van der Waals surface area contributed by atoms with Crippen molar-refractivity contribution in [2.75, 3.05) is 0 Å². The summed E-state index contributed by atoms with van der Waals surface area (Å²) >= 11 is 0. The largest absolute Gasteiger partial charge is 0.207 e. The van der Waals surface area contributed by atoms with Gasteiger partial charge in [-0.2, -0.15) is 0 Å². The molecule has 1 aromatic carbocycles. The Bertz CT molecular complexity index is 434. The summed E-state index contributed by atoms with van der Waals surface area (Å²) in [6.45, 7) is 12.1. The molecular formula is C17H23F. The van der Waals surface area contributed by atoms with Crippen LogP contribution in [0, 0.1) is 12.7 Å². The number of hydrogen-bond acceptors (Lipinski definition) is 0. The van der Waals surface area contributed by atoms with Gasteiger partial charge in [0.05, 0.1) is 0 Å². The van der Waals surface area contributed by atoms with Gasteiger partial charge in [-0.25, -0.2) is 4.39 Å². The molecule has 0 N–H and O–H groups in total. The Labute approximate surface area is 110 Å². The summed E-state index contributed by atoms with van der Waals surface area (Å²) in [6, 6.07) is 5.29. The van der Waals surface area contributed by atoms with E-state index < -0.39 is 0 Å². The fraction of sp³-hybridized carbons (Fsp3) is 0.412. The monoisotopic (exact) mass is 246 g/mol. The van der Waals surface area contributed by atoms with Crippen LogP contribution in [0.25, 0.3) is 0 Å². The summed E-state index contributed by atoms with van der Waals surface area (Å²) in [4.78, 5) is 0. The highest BCUT2D eigenvalue weighted by atomic mass is 19.1. The van der Waals surface area contributed by atoms with Crippen molar-refractivity contribution in [3.05, 3.63) is 58.9 Å². The Morgan fingerprint density at radius 1 is 1.39 bits per heavy atom. The van der Waals surface area contributed by atoms with Gasteiger partial charge in [-0.3, -0.25) is 0 Å². The van der Waals surface area contributed by atoms with Crippen LogP contribution in [0.4, 0.5) is 4.39 Å². The van der Waals surface area contributed by atoms with Crippen molar-refractivity contribution in [3.63, 3.8) is 0 Å². The van der Waals surface area contributed by atoms with Crippen LogP contribution in [0.2, 0.25) is 0 Å². The lowest BCUT2D eigenvalue weighted by molar-refractivity contribution is 0.614. The normalized spacial score (nSPS) is 13.5. The Balaban J connectivity index is 2.71. The number of benzene rings is 1. The molecule has 1 heteroatoms. The number of aryl methyl sites for hydroxylation is 1. The smallest absolute Gasteiger partial charge is 0.123 e. The molecule has 0 aliphatic rings. The van der Waals surface area contributed by atoms with Gasteiger partial charge in [0, 0.05) is 0 Å². The van der Waals surface area contributed by atoms with Gasteiger partial charge in [0.2, 0.25) is 0 Å². The lowest BCUT2D eigenvalue weighted by atomic mass is 9.91. The van der Waals surface area contributed by atoms with Crippen LogP contribution in [0.1, 0.15) is 50.7 Å². The lowest BCUT2D eigenvalue weighted by Crippen LogP contribution is -1.97. The van der Waals surface area contributed by atoms with Gasteiger partial charge < -0.3 is 0 Å². The van der Waals surface area contributed by atoms with Crippen molar-refractivity contribution in [3.8, 4) is 0 Å². The Morgan fingerprint density at radius 3 is 2.56 bits per heavy atom. The highest BCUT2D eigenvalue weighted by Crippen LogP contribution is 2.26. The zero-order valence-electron chi connectivity index (χ0n) is 11.9. The predicted octanol–water partition coefficient (Wildman–Crippen LogP) is 5.54. The molecule has 0 bridgehead atoms. The van der Waals surface area contributed by atoms with Crippen LogP contribution in [0.3, 0.4) is 0 Å². The molecule has 1 rings (SSSR count). The molecule has 0 saturated carbocycles. The van der Waals surface area contributed by atoms with Crippen LogP contribution in [0.15, 0.2) is 42.0 Å². The minimum absolute atomic E-state index is 0.136. The quantitative estimate of drug-likeness (QED) is 0.598. The van der Waals surface area contributed by atoms with Gasteiger partial charge in [0.25, 0.3) is 0 Å². The van der Waals surface area contributed by atoms with E-state index in [4.69, 9.17) is 0 Å². The van der Waals surface area contributed by atoms with Crippen molar-refractivity contribution in [1.82, 2.24) is 0 Å².